The lowest BCUT2D eigenvalue weighted by atomic mass is 9.90. The third-order valence-corrected chi connectivity index (χ3v) is 2.67. The lowest BCUT2D eigenvalue weighted by Crippen LogP contribution is -2.20. The zero-order valence-electron chi connectivity index (χ0n) is 8.70. The van der Waals surface area contributed by atoms with Gasteiger partial charge in [0.05, 0.1) is 6.20 Å². The molecule has 3 heteroatoms. The second-order valence-electron chi connectivity index (χ2n) is 3.54. The highest BCUT2D eigenvalue weighted by molar-refractivity contribution is 5.15. The smallest absolute Gasteiger partial charge is 0.141 e. The zero-order chi connectivity index (χ0) is 10.6. The predicted octanol–water partition coefficient (Wildman–Crippen LogP) is 2.66. The fraction of sp³-hybridized carbons (Fsp3) is 0.545. The van der Waals surface area contributed by atoms with E-state index in [1.165, 1.54) is 12.3 Å². The van der Waals surface area contributed by atoms with E-state index in [2.05, 4.69) is 18.8 Å². The molecule has 0 spiro atoms. The summed E-state index contributed by atoms with van der Waals surface area (Å²) in [6.07, 6.45) is 4.86. The maximum Gasteiger partial charge on any atom is 0.141 e. The van der Waals surface area contributed by atoms with Gasteiger partial charge in [0.15, 0.2) is 0 Å². The molecule has 1 heterocycles. The molecule has 0 saturated carbocycles. The summed E-state index contributed by atoms with van der Waals surface area (Å²) in [6, 6.07) is 1.36. The van der Waals surface area contributed by atoms with Crippen LogP contribution in [0.2, 0.25) is 0 Å². The van der Waals surface area contributed by atoms with Crippen LogP contribution < -0.4 is 5.73 Å². The number of rotatable bonds is 4. The highest BCUT2D eigenvalue weighted by Gasteiger charge is 2.16. The Morgan fingerprint density at radius 1 is 1.36 bits per heavy atom. The van der Waals surface area contributed by atoms with Crippen molar-refractivity contribution in [1.82, 2.24) is 4.98 Å². The van der Waals surface area contributed by atoms with Crippen molar-refractivity contribution in [2.45, 2.75) is 32.7 Å². The van der Waals surface area contributed by atoms with Crippen LogP contribution in [0.4, 0.5) is 4.39 Å². The molecule has 0 aliphatic carbocycles. The molecular formula is C11H17FN2. The van der Waals surface area contributed by atoms with E-state index in [4.69, 9.17) is 5.73 Å². The third kappa shape index (κ3) is 2.51. The Morgan fingerprint density at radius 3 is 2.50 bits per heavy atom. The normalized spacial score (nSPS) is 13.2. The van der Waals surface area contributed by atoms with Crippen LogP contribution >= 0.6 is 0 Å². The minimum Gasteiger partial charge on any atom is -0.324 e. The van der Waals surface area contributed by atoms with E-state index in [1.54, 1.807) is 6.20 Å². The fourth-order valence-electron chi connectivity index (χ4n) is 1.68. The van der Waals surface area contributed by atoms with Crippen molar-refractivity contribution in [2.75, 3.05) is 0 Å². The zero-order valence-corrected chi connectivity index (χ0v) is 8.70. The molecule has 0 fully saturated rings. The van der Waals surface area contributed by atoms with Gasteiger partial charge in [-0.05, 0) is 17.5 Å². The molecule has 14 heavy (non-hydrogen) atoms. The number of nitrogens with zero attached hydrogens (tertiary/aromatic N) is 1. The van der Waals surface area contributed by atoms with Gasteiger partial charge < -0.3 is 5.73 Å². The van der Waals surface area contributed by atoms with Crippen molar-refractivity contribution >= 4 is 0 Å². The Labute approximate surface area is 84.3 Å². The molecular weight excluding hydrogens is 179 g/mol. The van der Waals surface area contributed by atoms with Crippen LogP contribution in [0.3, 0.4) is 0 Å². The maximum atomic E-state index is 12.9. The van der Waals surface area contributed by atoms with Gasteiger partial charge in [0.2, 0.25) is 0 Å². The van der Waals surface area contributed by atoms with Gasteiger partial charge in [0, 0.05) is 12.2 Å². The first-order valence-electron chi connectivity index (χ1n) is 5.05. The molecule has 1 unspecified atom stereocenters. The van der Waals surface area contributed by atoms with E-state index in [-0.39, 0.29) is 11.9 Å². The molecule has 0 saturated heterocycles. The molecule has 2 nitrogen and oxygen atoms in total. The van der Waals surface area contributed by atoms with Crippen LogP contribution in [0.15, 0.2) is 18.5 Å². The summed E-state index contributed by atoms with van der Waals surface area (Å²) in [5.74, 6) is 0.0857. The van der Waals surface area contributed by atoms with E-state index < -0.39 is 0 Å². The molecule has 78 valence electrons. The van der Waals surface area contributed by atoms with Crippen molar-refractivity contribution in [3.63, 3.8) is 0 Å². The van der Waals surface area contributed by atoms with Crippen molar-refractivity contribution in [2.24, 2.45) is 11.7 Å². The summed E-state index contributed by atoms with van der Waals surface area (Å²) in [6.45, 7) is 4.20. The monoisotopic (exact) mass is 196 g/mol. The first-order valence-corrected chi connectivity index (χ1v) is 5.05. The van der Waals surface area contributed by atoms with Crippen LogP contribution in [0, 0.1) is 11.7 Å². The van der Waals surface area contributed by atoms with Gasteiger partial charge in [-0.25, -0.2) is 4.39 Å². The molecule has 0 bridgehead atoms. The fourth-order valence-corrected chi connectivity index (χ4v) is 1.68. The van der Waals surface area contributed by atoms with E-state index in [0.29, 0.717) is 5.92 Å². The van der Waals surface area contributed by atoms with Gasteiger partial charge in [0.25, 0.3) is 0 Å². The van der Waals surface area contributed by atoms with E-state index in [9.17, 15) is 4.39 Å². The summed E-state index contributed by atoms with van der Waals surface area (Å²) >= 11 is 0. The quantitative estimate of drug-likeness (QED) is 0.804. The molecule has 0 aliphatic heterocycles. The summed E-state index contributed by atoms with van der Waals surface area (Å²) in [7, 11) is 0. The number of pyridine rings is 1. The van der Waals surface area contributed by atoms with Gasteiger partial charge >= 0.3 is 0 Å². The highest BCUT2D eigenvalue weighted by Crippen LogP contribution is 2.24. The lowest BCUT2D eigenvalue weighted by molar-refractivity contribution is 0.403. The van der Waals surface area contributed by atoms with Crippen molar-refractivity contribution < 1.29 is 4.39 Å². The van der Waals surface area contributed by atoms with Crippen molar-refractivity contribution in [3.8, 4) is 0 Å². The first kappa shape index (κ1) is 11.1. The second-order valence-corrected chi connectivity index (χ2v) is 3.54. The van der Waals surface area contributed by atoms with Gasteiger partial charge in [-0.3, -0.25) is 4.98 Å². The van der Waals surface area contributed by atoms with Crippen LogP contribution in [0.1, 0.15) is 38.3 Å². The third-order valence-electron chi connectivity index (χ3n) is 2.67. The Morgan fingerprint density at radius 2 is 2.00 bits per heavy atom. The predicted molar refractivity (Wildman–Crippen MR) is 55.2 cm³/mol. The lowest BCUT2D eigenvalue weighted by Gasteiger charge is -2.20. The van der Waals surface area contributed by atoms with Crippen LogP contribution in [-0.4, -0.2) is 4.98 Å². The topological polar surface area (TPSA) is 38.9 Å². The Hall–Kier alpha value is -0.960. The largest absolute Gasteiger partial charge is 0.324 e. The molecule has 1 atom stereocenters. The van der Waals surface area contributed by atoms with Gasteiger partial charge in [0.1, 0.15) is 5.82 Å². The molecule has 0 aliphatic rings. The Balaban J connectivity index is 2.82. The number of hydrogen-bond donors (Lipinski definition) is 1. The molecule has 1 aromatic heterocycles. The molecule has 1 rings (SSSR count). The van der Waals surface area contributed by atoms with Crippen molar-refractivity contribution in [3.05, 3.63) is 29.8 Å². The Bertz CT molecular complexity index is 284. The van der Waals surface area contributed by atoms with E-state index >= 15 is 0 Å². The molecule has 0 aromatic carbocycles. The number of halogens is 1. The van der Waals surface area contributed by atoms with E-state index in [0.717, 1.165) is 18.4 Å². The van der Waals surface area contributed by atoms with E-state index in [1.807, 2.05) is 0 Å². The van der Waals surface area contributed by atoms with Gasteiger partial charge in [-0.1, -0.05) is 26.7 Å². The second kappa shape index (κ2) is 5.05. The summed E-state index contributed by atoms with van der Waals surface area (Å²) < 4.78 is 12.9. The SMILES string of the molecule is CCC(CC)C(N)c1cncc(F)c1. The molecule has 0 amide bonds. The minimum atomic E-state index is -0.316. The van der Waals surface area contributed by atoms with Crippen LogP contribution in [0.5, 0.6) is 0 Å². The highest BCUT2D eigenvalue weighted by atomic mass is 19.1. The van der Waals surface area contributed by atoms with Crippen molar-refractivity contribution in [1.29, 1.82) is 0 Å². The average Bonchev–Trinajstić information content (AvgIpc) is 2.19. The van der Waals surface area contributed by atoms with Crippen LogP contribution in [-0.2, 0) is 0 Å². The number of hydrogen-bond acceptors (Lipinski definition) is 2. The van der Waals surface area contributed by atoms with Gasteiger partial charge in [-0.15, -0.1) is 0 Å². The maximum absolute atomic E-state index is 12.9. The summed E-state index contributed by atoms with van der Waals surface area (Å²) in [5, 5.41) is 0. The molecule has 2 N–H and O–H groups in total. The summed E-state index contributed by atoms with van der Waals surface area (Å²) in [5.41, 5.74) is 6.81. The molecule has 0 radical (unpaired) electrons. The summed E-state index contributed by atoms with van der Waals surface area (Å²) in [4.78, 5) is 3.80. The van der Waals surface area contributed by atoms with Crippen LogP contribution in [0.25, 0.3) is 0 Å². The first-order chi connectivity index (χ1) is 6.69. The minimum absolute atomic E-state index is 0.104. The number of nitrogens with two attached hydrogens (primary N) is 1. The standard InChI is InChI=1S/C11H17FN2/c1-3-8(4-2)11(13)9-5-10(12)7-14-6-9/h5-8,11H,3-4,13H2,1-2H3. The van der Waals surface area contributed by atoms with Gasteiger partial charge in [-0.2, -0.15) is 0 Å². The Kier molecular flexibility index (Phi) is 4.01. The number of aromatic nitrogens is 1. The molecule has 1 aromatic rings. The average molecular weight is 196 g/mol.